The average Bonchev–Trinajstić information content (AvgIpc) is 2.99. The maximum atomic E-state index is 6.23. The van der Waals surface area contributed by atoms with Crippen molar-refractivity contribution in [3.05, 3.63) is 35.7 Å². The maximum absolute atomic E-state index is 6.23. The molecule has 1 aliphatic heterocycles. The Morgan fingerprint density at radius 2 is 2.15 bits per heavy atom. The van der Waals surface area contributed by atoms with Crippen LogP contribution < -0.4 is 10.2 Å². The molecule has 1 atom stereocenters. The summed E-state index contributed by atoms with van der Waals surface area (Å²) in [6, 6.07) is 8.02. The highest BCUT2D eigenvalue weighted by molar-refractivity contribution is 6.28. The van der Waals surface area contributed by atoms with Crippen molar-refractivity contribution in [3.8, 4) is 0 Å². The van der Waals surface area contributed by atoms with Gasteiger partial charge in [-0.2, -0.15) is 5.10 Å². The van der Waals surface area contributed by atoms with Gasteiger partial charge in [0.05, 0.1) is 11.7 Å². The zero-order valence-electron chi connectivity index (χ0n) is 15.6. The summed E-state index contributed by atoms with van der Waals surface area (Å²) in [5.74, 6) is 2.44. The van der Waals surface area contributed by atoms with E-state index in [-0.39, 0.29) is 5.28 Å². The van der Waals surface area contributed by atoms with Gasteiger partial charge in [-0.05, 0) is 55.0 Å². The lowest BCUT2D eigenvalue weighted by Gasteiger charge is -2.22. The smallest absolute Gasteiger partial charge is 0.226 e. The van der Waals surface area contributed by atoms with Crippen molar-refractivity contribution in [2.24, 2.45) is 5.92 Å². The second-order valence-corrected chi connectivity index (χ2v) is 7.59. The normalized spacial score (nSPS) is 17.9. The number of halogens is 1. The van der Waals surface area contributed by atoms with E-state index in [2.05, 4.69) is 37.3 Å². The molecule has 4 rings (SSSR count). The number of anilines is 3. The molecule has 2 aromatic heterocycles. The van der Waals surface area contributed by atoms with Crippen LogP contribution in [0.3, 0.4) is 0 Å². The minimum Gasteiger partial charge on any atom is -0.356 e. The molecule has 1 unspecified atom stereocenters. The van der Waals surface area contributed by atoms with Crippen molar-refractivity contribution in [1.82, 2.24) is 20.2 Å². The molecule has 0 bridgehead atoms. The van der Waals surface area contributed by atoms with Gasteiger partial charge in [0.2, 0.25) is 5.28 Å². The van der Waals surface area contributed by atoms with Crippen LogP contribution in [-0.4, -0.2) is 33.3 Å². The molecule has 0 aliphatic carbocycles. The third-order valence-electron chi connectivity index (χ3n) is 5.27. The van der Waals surface area contributed by atoms with Crippen LogP contribution in [0.1, 0.15) is 39.0 Å². The number of hydrogen-bond acceptors (Lipinski definition) is 5. The van der Waals surface area contributed by atoms with Crippen LogP contribution in [0.25, 0.3) is 10.9 Å². The van der Waals surface area contributed by atoms with Gasteiger partial charge in [0, 0.05) is 30.2 Å². The molecule has 3 heterocycles. The highest BCUT2D eigenvalue weighted by Gasteiger charge is 2.18. The van der Waals surface area contributed by atoms with Crippen molar-refractivity contribution in [3.63, 3.8) is 0 Å². The quantitative estimate of drug-likeness (QED) is 0.595. The van der Waals surface area contributed by atoms with E-state index in [1.165, 1.54) is 32.1 Å². The average molecular weight is 385 g/mol. The highest BCUT2D eigenvalue weighted by Crippen LogP contribution is 2.27. The second kappa shape index (κ2) is 8.13. The van der Waals surface area contributed by atoms with E-state index in [1.54, 1.807) is 0 Å². The predicted octanol–water partition coefficient (Wildman–Crippen LogP) is 5.16. The Morgan fingerprint density at radius 1 is 1.22 bits per heavy atom. The summed E-state index contributed by atoms with van der Waals surface area (Å²) < 4.78 is 0. The van der Waals surface area contributed by atoms with E-state index in [0.29, 0.717) is 5.82 Å². The fourth-order valence-corrected chi connectivity index (χ4v) is 4.07. The van der Waals surface area contributed by atoms with Crippen molar-refractivity contribution >= 4 is 39.8 Å². The number of nitrogens with zero attached hydrogens (tertiary/aromatic N) is 4. The molecular formula is C20H25ClN6. The molecule has 0 spiro atoms. The molecule has 142 valence electrons. The molecule has 0 amide bonds. The number of rotatable bonds is 5. The Bertz CT molecular complexity index is 908. The van der Waals surface area contributed by atoms with Crippen molar-refractivity contribution in [1.29, 1.82) is 0 Å². The summed E-state index contributed by atoms with van der Waals surface area (Å²) in [7, 11) is 0. The molecule has 7 heteroatoms. The molecule has 1 aromatic carbocycles. The molecule has 1 saturated heterocycles. The van der Waals surface area contributed by atoms with Gasteiger partial charge in [-0.1, -0.05) is 19.8 Å². The van der Waals surface area contributed by atoms with E-state index < -0.39 is 0 Å². The number of benzene rings is 1. The molecule has 1 aliphatic rings. The van der Waals surface area contributed by atoms with Crippen molar-refractivity contribution < 1.29 is 0 Å². The zero-order chi connectivity index (χ0) is 18.6. The fourth-order valence-electron chi connectivity index (χ4n) is 3.89. The van der Waals surface area contributed by atoms with Crippen LogP contribution in [0.15, 0.2) is 30.5 Å². The number of hydrogen-bond donors (Lipinski definition) is 2. The Morgan fingerprint density at radius 3 is 3.04 bits per heavy atom. The topological polar surface area (TPSA) is 69.7 Å². The minimum absolute atomic E-state index is 0.272. The van der Waals surface area contributed by atoms with Crippen LogP contribution in [0.2, 0.25) is 5.28 Å². The van der Waals surface area contributed by atoms with Gasteiger partial charge in [0.25, 0.3) is 0 Å². The van der Waals surface area contributed by atoms with Gasteiger partial charge >= 0.3 is 0 Å². The van der Waals surface area contributed by atoms with Crippen LogP contribution in [0.4, 0.5) is 17.3 Å². The first-order valence-electron chi connectivity index (χ1n) is 9.71. The number of nitrogens with one attached hydrogen (secondary N) is 2. The van der Waals surface area contributed by atoms with E-state index in [1.807, 2.05) is 30.5 Å². The number of aromatic nitrogens is 4. The van der Waals surface area contributed by atoms with Gasteiger partial charge in [0.15, 0.2) is 0 Å². The summed E-state index contributed by atoms with van der Waals surface area (Å²) >= 11 is 6.23. The Kier molecular flexibility index (Phi) is 5.43. The van der Waals surface area contributed by atoms with Crippen LogP contribution in [0.5, 0.6) is 0 Å². The van der Waals surface area contributed by atoms with Gasteiger partial charge in [-0.25, -0.2) is 9.97 Å². The van der Waals surface area contributed by atoms with Crippen molar-refractivity contribution in [2.75, 3.05) is 23.3 Å². The SMILES string of the molecule is CCCC1CCCN(c2cc(Nc3ccc4[nH]ncc4c3)nc(Cl)n2)CC1. The minimum atomic E-state index is 0.272. The molecule has 1 fully saturated rings. The molecule has 27 heavy (non-hydrogen) atoms. The van der Waals surface area contributed by atoms with Crippen molar-refractivity contribution in [2.45, 2.75) is 39.0 Å². The maximum Gasteiger partial charge on any atom is 0.226 e. The summed E-state index contributed by atoms with van der Waals surface area (Å²) in [6.07, 6.45) is 8.12. The first-order chi connectivity index (χ1) is 13.2. The highest BCUT2D eigenvalue weighted by atomic mass is 35.5. The van der Waals surface area contributed by atoms with Crippen LogP contribution in [0, 0.1) is 5.92 Å². The largest absolute Gasteiger partial charge is 0.356 e. The third-order valence-corrected chi connectivity index (χ3v) is 5.44. The molecule has 3 aromatic rings. The van der Waals surface area contributed by atoms with Gasteiger partial charge in [0.1, 0.15) is 11.6 Å². The molecule has 2 N–H and O–H groups in total. The van der Waals surface area contributed by atoms with E-state index in [4.69, 9.17) is 11.6 Å². The predicted molar refractivity (Wildman–Crippen MR) is 111 cm³/mol. The standard InChI is InChI=1S/C20H25ClN6/c1-2-4-14-5-3-9-27(10-8-14)19-12-18(24-20(21)25-19)23-16-6-7-17-15(11-16)13-22-26-17/h6-7,11-14H,2-5,8-10H2,1H3,(H,22,26)(H,23,24,25). The molecule has 6 nitrogen and oxygen atoms in total. The number of fused-ring (bicyclic) bond motifs is 1. The third kappa shape index (κ3) is 4.33. The number of H-pyrrole nitrogens is 1. The van der Waals surface area contributed by atoms with Gasteiger partial charge < -0.3 is 10.2 Å². The lowest BCUT2D eigenvalue weighted by atomic mass is 9.96. The fraction of sp³-hybridized carbons (Fsp3) is 0.450. The lowest BCUT2D eigenvalue weighted by molar-refractivity contribution is 0.435. The molecule has 0 saturated carbocycles. The number of aromatic amines is 1. The summed E-state index contributed by atoms with van der Waals surface area (Å²) in [5.41, 5.74) is 1.96. The van der Waals surface area contributed by atoms with Gasteiger partial charge in [-0.3, -0.25) is 5.10 Å². The van der Waals surface area contributed by atoms with E-state index in [0.717, 1.165) is 41.4 Å². The monoisotopic (exact) mass is 384 g/mol. The van der Waals surface area contributed by atoms with Crippen LogP contribution >= 0.6 is 11.6 Å². The zero-order valence-corrected chi connectivity index (χ0v) is 16.3. The second-order valence-electron chi connectivity index (χ2n) is 7.25. The van der Waals surface area contributed by atoms with E-state index >= 15 is 0 Å². The van der Waals surface area contributed by atoms with Crippen LogP contribution in [-0.2, 0) is 0 Å². The Labute approximate surface area is 164 Å². The Hall–Kier alpha value is -2.34. The van der Waals surface area contributed by atoms with E-state index in [9.17, 15) is 0 Å². The first-order valence-corrected chi connectivity index (χ1v) is 10.1. The molecular weight excluding hydrogens is 360 g/mol. The lowest BCUT2D eigenvalue weighted by Crippen LogP contribution is -2.25. The summed E-state index contributed by atoms with van der Waals surface area (Å²) in [4.78, 5) is 11.2. The first kappa shape index (κ1) is 18.0. The Balaban J connectivity index is 1.52. The van der Waals surface area contributed by atoms with Gasteiger partial charge in [-0.15, -0.1) is 0 Å². The summed E-state index contributed by atoms with van der Waals surface area (Å²) in [5, 5.41) is 11.7. The molecule has 0 radical (unpaired) electrons. The summed E-state index contributed by atoms with van der Waals surface area (Å²) in [6.45, 7) is 4.32.